The maximum absolute atomic E-state index is 12.8. The topological polar surface area (TPSA) is 93.1 Å². The summed E-state index contributed by atoms with van der Waals surface area (Å²) in [6.45, 7) is 3.13. The van der Waals surface area contributed by atoms with Gasteiger partial charge in [-0.05, 0) is 63.3 Å². The van der Waals surface area contributed by atoms with E-state index in [-0.39, 0.29) is 30.2 Å². The van der Waals surface area contributed by atoms with Crippen molar-refractivity contribution >= 4 is 11.8 Å². The average Bonchev–Trinajstić information content (AvgIpc) is 3.04. The first-order chi connectivity index (χ1) is 16.5. The van der Waals surface area contributed by atoms with Crippen LogP contribution in [0.25, 0.3) is 0 Å². The molecule has 0 amide bonds. The Kier molecular flexibility index (Phi) is 11.0. The van der Waals surface area contributed by atoms with Crippen LogP contribution in [0, 0.1) is 11.8 Å². The molecule has 9 heteroatoms. The Morgan fingerprint density at radius 2 is 1.91 bits per heavy atom. The molecule has 0 aromatic heterocycles. The van der Waals surface area contributed by atoms with E-state index >= 15 is 0 Å². The number of alkyl halides is 3. The SMILES string of the molecule is CC(C)OC(=O)CCC/C=C\C[C@@H]1[C@@H](/C=C/C(=O)COc2cccc(C(F)(F)F)c2)[C@H](O)C[C@@H]1O. The third kappa shape index (κ3) is 9.85. The van der Waals surface area contributed by atoms with Crippen LogP contribution in [-0.2, 0) is 20.5 Å². The smallest absolute Gasteiger partial charge is 0.416 e. The van der Waals surface area contributed by atoms with Crippen LogP contribution in [0.5, 0.6) is 5.75 Å². The Morgan fingerprint density at radius 1 is 1.17 bits per heavy atom. The number of ether oxygens (including phenoxy) is 2. The van der Waals surface area contributed by atoms with Gasteiger partial charge in [0.15, 0.2) is 12.4 Å². The number of hydrogen-bond donors (Lipinski definition) is 2. The van der Waals surface area contributed by atoms with E-state index in [1.807, 2.05) is 12.2 Å². The third-order valence-corrected chi connectivity index (χ3v) is 5.66. The zero-order valence-electron chi connectivity index (χ0n) is 19.9. The molecule has 0 aliphatic heterocycles. The highest BCUT2D eigenvalue weighted by atomic mass is 19.4. The Bertz CT molecular complexity index is 893. The van der Waals surface area contributed by atoms with Gasteiger partial charge in [0, 0.05) is 18.8 Å². The molecule has 6 nitrogen and oxygen atoms in total. The summed E-state index contributed by atoms with van der Waals surface area (Å²) in [6.07, 6.45) is 2.66. The van der Waals surface area contributed by atoms with Gasteiger partial charge >= 0.3 is 12.1 Å². The fourth-order valence-corrected chi connectivity index (χ4v) is 3.95. The van der Waals surface area contributed by atoms with Gasteiger partial charge in [0.25, 0.3) is 0 Å². The predicted octanol–water partition coefficient (Wildman–Crippen LogP) is 4.64. The molecule has 4 atom stereocenters. The summed E-state index contributed by atoms with van der Waals surface area (Å²) in [6, 6.07) is 4.27. The molecule has 0 unspecified atom stereocenters. The van der Waals surface area contributed by atoms with Crippen LogP contribution in [0.2, 0.25) is 0 Å². The summed E-state index contributed by atoms with van der Waals surface area (Å²) < 4.78 is 48.6. The first-order valence-electron chi connectivity index (χ1n) is 11.7. The quantitative estimate of drug-likeness (QED) is 0.189. The molecule has 1 saturated carbocycles. The minimum Gasteiger partial charge on any atom is -0.485 e. The van der Waals surface area contributed by atoms with Crippen LogP contribution >= 0.6 is 0 Å². The minimum absolute atomic E-state index is 0.0709. The Labute approximate surface area is 203 Å². The van der Waals surface area contributed by atoms with Gasteiger partial charge in [-0.3, -0.25) is 9.59 Å². The number of unbranched alkanes of at least 4 members (excludes halogenated alkanes) is 1. The van der Waals surface area contributed by atoms with Crippen LogP contribution in [-0.4, -0.2) is 46.9 Å². The van der Waals surface area contributed by atoms with Crippen molar-refractivity contribution in [3.8, 4) is 5.75 Å². The molecule has 2 N–H and O–H groups in total. The molecule has 0 radical (unpaired) electrons. The van der Waals surface area contributed by atoms with Crippen LogP contribution < -0.4 is 4.74 Å². The van der Waals surface area contributed by atoms with Crippen molar-refractivity contribution < 1.29 is 42.4 Å². The number of ketones is 1. The van der Waals surface area contributed by atoms with E-state index in [0.29, 0.717) is 25.7 Å². The monoisotopic (exact) mass is 498 g/mol. The van der Waals surface area contributed by atoms with Gasteiger partial charge < -0.3 is 19.7 Å². The number of aliphatic hydroxyl groups excluding tert-OH is 2. The Hall–Kier alpha value is -2.65. The van der Waals surface area contributed by atoms with Crippen molar-refractivity contribution in [2.24, 2.45) is 11.8 Å². The van der Waals surface area contributed by atoms with Gasteiger partial charge in [-0.2, -0.15) is 13.2 Å². The van der Waals surface area contributed by atoms with Gasteiger partial charge in [-0.25, -0.2) is 0 Å². The van der Waals surface area contributed by atoms with Gasteiger partial charge in [0.1, 0.15) is 5.75 Å². The maximum atomic E-state index is 12.8. The number of halogens is 3. The van der Waals surface area contributed by atoms with Crippen LogP contribution in [0.4, 0.5) is 13.2 Å². The number of carbonyl (C=O) groups excluding carboxylic acids is 2. The van der Waals surface area contributed by atoms with E-state index in [0.717, 1.165) is 12.1 Å². The van der Waals surface area contributed by atoms with Crippen molar-refractivity contribution in [3.05, 3.63) is 54.1 Å². The number of allylic oxidation sites excluding steroid dienone is 2. The average molecular weight is 499 g/mol. The molecule has 1 aliphatic carbocycles. The molecular formula is C26H33F3O6. The summed E-state index contributed by atoms with van der Waals surface area (Å²) in [5.74, 6) is -1.53. The number of hydrogen-bond acceptors (Lipinski definition) is 6. The summed E-state index contributed by atoms with van der Waals surface area (Å²) in [7, 11) is 0. The molecule has 194 valence electrons. The molecular weight excluding hydrogens is 465 g/mol. The zero-order valence-corrected chi connectivity index (χ0v) is 19.9. The van der Waals surface area contributed by atoms with Crippen molar-refractivity contribution in [3.63, 3.8) is 0 Å². The van der Waals surface area contributed by atoms with E-state index in [2.05, 4.69) is 0 Å². The molecule has 0 heterocycles. The van der Waals surface area contributed by atoms with E-state index in [4.69, 9.17) is 9.47 Å². The first kappa shape index (κ1) is 28.6. The van der Waals surface area contributed by atoms with Crippen molar-refractivity contribution in [2.45, 2.75) is 70.4 Å². The van der Waals surface area contributed by atoms with Crippen LogP contribution in [0.1, 0.15) is 51.5 Å². The van der Waals surface area contributed by atoms with E-state index in [1.165, 1.54) is 24.3 Å². The van der Waals surface area contributed by atoms with Gasteiger partial charge in [0.2, 0.25) is 0 Å². The van der Waals surface area contributed by atoms with Crippen molar-refractivity contribution in [1.29, 1.82) is 0 Å². The fraction of sp³-hybridized carbons (Fsp3) is 0.538. The highest BCUT2D eigenvalue weighted by Gasteiger charge is 2.39. The molecule has 1 fully saturated rings. The van der Waals surface area contributed by atoms with E-state index in [9.17, 15) is 33.0 Å². The second-order valence-corrected chi connectivity index (χ2v) is 8.89. The maximum Gasteiger partial charge on any atom is 0.416 e. The molecule has 0 saturated heterocycles. The molecule has 35 heavy (non-hydrogen) atoms. The third-order valence-electron chi connectivity index (χ3n) is 5.66. The summed E-state index contributed by atoms with van der Waals surface area (Å²) >= 11 is 0. The molecule has 0 spiro atoms. The van der Waals surface area contributed by atoms with E-state index in [1.54, 1.807) is 13.8 Å². The molecule has 2 rings (SSSR count). The fourth-order valence-electron chi connectivity index (χ4n) is 3.95. The second-order valence-electron chi connectivity index (χ2n) is 8.89. The summed E-state index contributed by atoms with van der Waals surface area (Å²) in [5.41, 5.74) is -0.868. The number of benzene rings is 1. The highest BCUT2D eigenvalue weighted by Crippen LogP contribution is 2.36. The second kappa shape index (κ2) is 13.4. The number of rotatable bonds is 12. The summed E-state index contributed by atoms with van der Waals surface area (Å²) in [4.78, 5) is 23.7. The first-order valence-corrected chi connectivity index (χ1v) is 11.7. The summed E-state index contributed by atoms with van der Waals surface area (Å²) in [5, 5.41) is 20.6. The lowest BCUT2D eigenvalue weighted by Gasteiger charge is -2.19. The van der Waals surface area contributed by atoms with Gasteiger partial charge in [-0.15, -0.1) is 0 Å². The molecule has 0 bridgehead atoms. The van der Waals surface area contributed by atoms with Crippen molar-refractivity contribution in [2.75, 3.05) is 6.61 Å². The standard InChI is InChI=1S/C26H33F3O6/c1-17(2)35-25(33)11-6-4-3-5-10-21-22(24(32)15-23(21)31)13-12-19(30)16-34-20-9-7-8-18(14-20)26(27,28)29/h3,5,7-9,12-14,17,21-24,31-32H,4,6,10-11,15-16H2,1-2H3/b5-3-,13-12+/t21-,22-,23+,24-/m1/s1. The molecule has 1 aliphatic rings. The van der Waals surface area contributed by atoms with Gasteiger partial charge in [-0.1, -0.05) is 24.3 Å². The van der Waals surface area contributed by atoms with Crippen LogP contribution in [0.3, 0.4) is 0 Å². The minimum atomic E-state index is -4.51. The Balaban J connectivity index is 1.83. The zero-order chi connectivity index (χ0) is 26.0. The predicted molar refractivity (Wildman–Crippen MR) is 124 cm³/mol. The number of aliphatic hydroxyl groups is 2. The lowest BCUT2D eigenvalue weighted by atomic mass is 9.89. The van der Waals surface area contributed by atoms with Gasteiger partial charge in [0.05, 0.1) is 23.9 Å². The van der Waals surface area contributed by atoms with Crippen LogP contribution in [0.15, 0.2) is 48.6 Å². The number of esters is 1. The lowest BCUT2D eigenvalue weighted by molar-refractivity contribution is -0.147. The Morgan fingerprint density at radius 3 is 2.60 bits per heavy atom. The molecule has 1 aromatic rings. The largest absolute Gasteiger partial charge is 0.485 e. The van der Waals surface area contributed by atoms with E-state index < -0.39 is 42.3 Å². The number of carbonyl (C=O) groups is 2. The highest BCUT2D eigenvalue weighted by molar-refractivity contribution is 5.91. The molecule has 1 aromatic carbocycles. The lowest BCUT2D eigenvalue weighted by Crippen LogP contribution is -2.20. The normalized spacial score (nSPS) is 22.9. The van der Waals surface area contributed by atoms with Crippen molar-refractivity contribution in [1.82, 2.24) is 0 Å².